The van der Waals surface area contributed by atoms with Crippen LogP contribution in [0.5, 0.6) is 0 Å². The second-order valence-electron chi connectivity index (χ2n) is 12.8. The van der Waals surface area contributed by atoms with E-state index in [0.29, 0.717) is 30.8 Å². The number of nitrogens with one attached hydrogen (secondary N) is 2. The van der Waals surface area contributed by atoms with E-state index in [9.17, 15) is 23.1 Å². The van der Waals surface area contributed by atoms with E-state index in [4.69, 9.17) is 14.2 Å². The van der Waals surface area contributed by atoms with Gasteiger partial charge in [0.1, 0.15) is 12.0 Å². The molecule has 2 aromatic rings. The number of amides is 2. The summed E-state index contributed by atoms with van der Waals surface area (Å²) in [5.74, 6) is -0.928. The first-order valence-electron chi connectivity index (χ1n) is 16.0. The number of anilines is 1. The Labute approximate surface area is 269 Å². The Balaban J connectivity index is 1.22. The summed E-state index contributed by atoms with van der Waals surface area (Å²) >= 11 is 0. The van der Waals surface area contributed by atoms with Gasteiger partial charge in [0.15, 0.2) is 6.29 Å². The molecule has 0 saturated carbocycles. The lowest BCUT2D eigenvalue weighted by molar-refractivity contribution is -0.115. The van der Waals surface area contributed by atoms with E-state index in [-0.39, 0.29) is 55.0 Å². The van der Waals surface area contributed by atoms with Crippen LogP contribution in [0.15, 0.2) is 58.4 Å². The van der Waals surface area contributed by atoms with Crippen molar-refractivity contribution in [1.82, 2.24) is 9.62 Å². The number of fused-ring (bicyclic) bond motifs is 2. The van der Waals surface area contributed by atoms with Crippen LogP contribution < -0.4 is 10.6 Å². The molecule has 0 bridgehead atoms. The lowest BCUT2D eigenvalue weighted by Gasteiger charge is -2.31. The molecule has 2 saturated heterocycles. The molecule has 4 aliphatic heterocycles. The average molecular weight is 655 g/mol. The topological polar surface area (TPSA) is 156 Å². The van der Waals surface area contributed by atoms with Gasteiger partial charge in [-0.05, 0) is 60.9 Å². The van der Waals surface area contributed by atoms with Gasteiger partial charge in [-0.1, -0.05) is 44.2 Å². The number of aliphatic hydroxyl groups excluding tert-OH is 1. The number of hydrogen-bond acceptors (Lipinski definition) is 9. The van der Waals surface area contributed by atoms with Crippen LogP contribution in [-0.2, 0) is 35.4 Å². The molecule has 0 aliphatic carbocycles. The quantitative estimate of drug-likeness (QED) is 0.316. The van der Waals surface area contributed by atoms with Crippen molar-refractivity contribution in [2.45, 2.75) is 74.9 Å². The van der Waals surface area contributed by atoms with Crippen LogP contribution in [0.4, 0.5) is 10.5 Å². The van der Waals surface area contributed by atoms with Crippen LogP contribution in [-0.4, -0.2) is 92.9 Å². The Morgan fingerprint density at radius 1 is 1.17 bits per heavy atom. The van der Waals surface area contributed by atoms with Gasteiger partial charge in [-0.25, -0.2) is 13.2 Å². The maximum absolute atomic E-state index is 14.2. The Kier molecular flexibility index (Phi) is 9.76. The zero-order chi connectivity index (χ0) is 32.4. The number of aliphatic hydroxyl groups is 1. The first-order valence-corrected chi connectivity index (χ1v) is 17.4. The number of rotatable bonds is 12. The monoisotopic (exact) mass is 654 g/mol. The highest BCUT2D eigenvalue weighted by Gasteiger charge is 2.44. The summed E-state index contributed by atoms with van der Waals surface area (Å²) in [5, 5.41) is 17.3. The fourth-order valence-corrected chi connectivity index (χ4v) is 8.37. The Bertz CT molecular complexity index is 1570. The number of carbonyl (C=O) groups excluding carboxylic acids is 2. The normalized spacial score (nSPS) is 25.2. The van der Waals surface area contributed by atoms with Gasteiger partial charge in [0.25, 0.3) is 0 Å². The van der Waals surface area contributed by atoms with Gasteiger partial charge in [-0.15, -0.1) is 0 Å². The fourth-order valence-electron chi connectivity index (χ4n) is 6.71. The van der Waals surface area contributed by atoms with E-state index in [0.717, 1.165) is 24.1 Å². The SMILES string of the molecule is CC(C)CN(CC(O)C(Cc1ccccc1)NC(=O)OC1COC2OCCC12)S(=O)(=O)c1ccc2c(c1)C(C1=NCCC1)C(=O)N2. The molecule has 0 radical (unpaired) electrons. The number of ether oxygens (including phenoxy) is 3. The number of sulfonamides is 1. The van der Waals surface area contributed by atoms with Crippen molar-refractivity contribution in [2.75, 3.05) is 38.2 Å². The largest absolute Gasteiger partial charge is 0.443 e. The molecule has 2 aromatic carbocycles. The molecule has 13 heteroatoms. The van der Waals surface area contributed by atoms with Crippen LogP contribution in [0.3, 0.4) is 0 Å². The summed E-state index contributed by atoms with van der Waals surface area (Å²) in [6.07, 6.45) is -0.309. The summed E-state index contributed by atoms with van der Waals surface area (Å²) < 4.78 is 46.5. The van der Waals surface area contributed by atoms with Crippen molar-refractivity contribution >= 4 is 33.4 Å². The van der Waals surface area contributed by atoms with Crippen molar-refractivity contribution in [1.29, 1.82) is 0 Å². The highest BCUT2D eigenvalue weighted by atomic mass is 32.2. The first-order chi connectivity index (χ1) is 22.1. The summed E-state index contributed by atoms with van der Waals surface area (Å²) in [5.41, 5.74) is 2.79. The van der Waals surface area contributed by atoms with E-state index in [1.165, 1.54) is 10.4 Å². The van der Waals surface area contributed by atoms with Crippen LogP contribution in [0.2, 0.25) is 0 Å². The molecule has 12 nitrogen and oxygen atoms in total. The number of hydrogen-bond donors (Lipinski definition) is 3. The molecule has 6 atom stereocenters. The molecule has 248 valence electrons. The third kappa shape index (κ3) is 6.98. The number of carbonyl (C=O) groups is 2. The van der Waals surface area contributed by atoms with Gasteiger partial charge < -0.3 is 30.0 Å². The standard InChI is InChI=1S/C33H42N4O8S/c1-20(2)17-37(46(41,42)22-10-11-25-24(16-22)30(31(39)35-25)26-9-6-13-34-26)18-28(38)27(15-21-7-4-3-5-8-21)36-33(40)45-29-19-44-32-23(29)12-14-43-32/h3-5,7-8,10-11,16,20,23,27-30,32,38H,6,9,12-15,17-19H2,1-2H3,(H,35,39)(H,36,40). The van der Waals surface area contributed by atoms with E-state index in [1.807, 2.05) is 44.2 Å². The van der Waals surface area contributed by atoms with E-state index < -0.39 is 40.3 Å². The molecule has 2 fully saturated rings. The smallest absolute Gasteiger partial charge is 0.407 e. The molecule has 6 unspecified atom stereocenters. The highest BCUT2D eigenvalue weighted by molar-refractivity contribution is 7.89. The van der Waals surface area contributed by atoms with Crippen molar-refractivity contribution in [3.8, 4) is 0 Å². The molecule has 3 N–H and O–H groups in total. The Morgan fingerprint density at radius 3 is 2.72 bits per heavy atom. The second-order valence-corrected chi connectivity index (χ2v) is 14.8. The molecule has 0 spiro atoms. The molecule has 4 aliphatic rings. The molecule has 0 aromatic heterocycles. The van der Waals surface area contributed by atoms with Crippen LogP contribution in [0.25, 0.3) is 0 Å². The van der Waals surface area contributed by atoms with Crippen molar-refractivity contribution in [2.24, 2.45) is 16.8 Å². The lowest BCUT2D eigenvalue weighted by atomic mass is 9.94. The fraction of sp³-hybridized carbons (Fsp3) is 0.545. The first kappa shape index (κ1) is 32.6. The Hall–Kier alpha value is -3.36. The zero-order valence-electron chi connectivity index (χ0n) is 26.1. The molecule has 6 rings (SSSR count). The molecule has 46 heavy (non-hydrogen) atoms. The predicted molar refractivity (Wildman–Crippen MR) is 170 cm³/mol. The summed E-state index contributed by atoms with van der Waals surface area (Å²) in [4.78, 5) is 30.5. The molecule has 4 heterocycles. The Morgan fingerprint density at radius 2 is 1.98 bits per heavy atom. The van der Waals surface area contributed by atoms with E-state index >= 15 is 0 Å². The van der Waals surface area contributed by atoms with Gasteiger partial charge in [0, 0.05) is 31.0 Å². The molecule has 2 amide bonds. The number of alkyl carbamates (subject to hydrolysis) is 1. The number of aliphatic imine (C=N–C) groups is 1. The zero-order valence-corrected chi connectivity index (χ0v) is 26.9. The molecular formula is C33H42N4O8S. The minimum Gasteiger partial charge on any atom is -0.443 e. The van der Waals surface area contributed by atoms with Gasteiger partial charge in [0.05, 0.1) is 36.2 Å². The van der Waals surface area contributed by atoms with Crippen molar-refractivity contribution in [3.05, 3.63) is 59.7 Å². The third-order valence-corrected chi connectivity index (χ3v) is 10.8. The summed E-state index contributed by atoms with van der Waals surface area (Å²) in [6.45, 7) is 5.08. The second kappa shape index (κ2) is 13.8. The number of nitrogens with zero attached hydrogens (tertiary/aromatic N) is 2. The van der Waals surface area contributed by atoms with Crippen LogP contribution in [0, 0.1) is 11.8 Å². The van der Waals surface area contributed by atoms with E-state index in [1.54, 1.807) is 12.1 Å². The minimum absolute atomic E-state index is 0.0285. The minimum atomic E-state index is -4.12. The number of benzene rings is 2. The van der Waals surface area contributed by atoms with E-state index in [2.05, 4.69) is 15.6 Å². The van der Waals surface area contributed by atoms with Crippen LogP contribution in [0.1, 0.15) is 50.2 Å². The summed E-state index contributed by atoms with van der Waals surface area (Å²) in [6, 6.07) is 13.1. The maximum atomic E-state index is 14.2. The van der Waals surface area contributed by atoms with Gasteiger partial charge in [-0.3, -0.25) is 9.79 Å². The highest BCUT2D eigenvalue weighted by Crippen LogP contribution is 2.38. The van der Waals surface area contributed by atoms with Crippen LogP contribution >= 0.6 is 0 Å². The average Bonchev–Trinajstić information content (AvgIpc) is 3.82. The van der Waals surface area contributed by atoms with Crippen molar-refractivity contribution in [3.63, 3.8) is 0 Å². The van der Waals surface area contributed by atoms with Gasteiger partial charge in [-0.2, -0.15) is 4.31 Å². The third-order valence-electron chi connectivity index (χ3n) is 9.00. The van der Waals surface area contributed by atoms with Crippen molar-refractivity contribution < 1.29 is 37.3 Å². The van der Waals surface area contributed by atoms with Gasteiger partial charge >= 0.3 is 6.09 Å². The van der Waals surface area contributed by atoms with Gasteiger partial charge in [0.2, 0.25) is 15.9 Å². The lowest BCUT2D eigenvalue weighted by Crippen LogP contribution is -2.51. The summed E-state index contributed by atoms with van der Waals surface area (Å²) in [7, 11) is -4.12. The molecular weight excluding hydrogens is 612 g/mol. The maximum Gasteiger partial charge on any atom is 0.407 e. The predicted octanol–water partition coefficient (Wildman–Crippen LogP) is 3.06.